The fourth-order valence-electron chi connectivity index (χ4n) is 5.61. The van der Waals surface area contributed by atoms with E-state index in [1.807, 2.05) is 35.2 Å². The molecule has 0 unspecified atom stereocenters. The monoisotopic (exact) mass is 617 g/mol. The lowest BCUT2D eigenvalue weighted by molar-refractivity contribution is -0.384. The predicted octanol–water partition coefficient (Wildman–Crippen LogP) is 4.94. The van der Waals surface area contributed by atoms with Gasteiger partial charge in [0.2, 0.25) is 0 Å². The van der Waals surface area contributed by atoms with Gasteiger partial charge in [-0.15, -0.1) is 0 Å². The summed E-state index contributed by atoms with van der Waals surface area (Å²) in [7, 11) is 1.49. The number of phenols is 1. The zero-order valence-corrected chi connectivity index (χ0v) is 23.8. The molecule has 2 heterocycles. The molecule has 1 aliphatic rings. The molecule has 1 aromatic heterocycles. The fourth-order valence-corrected chi connectivity index (χ4v) is 6.06. The highest BCUT2D eigenvalue weighted by molar-refractivity contribution is 9.10. The van der Waals surface area contributed by atoms with Crippen LogP contribution in [0.1, 0.15) is 39.1 Å². The van der Waals surface area contributed by atoms with E-state index in [1.165, 1.54) is 25.4 Å². The van der Waals surface area contributed by atoms with Crippen LogP contribution in [0.25, 0.3) is 10.8 Å². The minimum atomic E-state index is -0.473. The van der Waals surface area contributed by atoms with Crippen LogP contribution in [0.5, 0.6) is 5.75 Å². The Kier molecular flexibility index (Phi) is 7.89. The van der Waals surface area contributed by atoms with E-state index in [-0.39, 0.29) is 34.2 Å². The van der Waals surface area contributed by atoms with E-state index < -0.39 is 16.2 Å². The average molecular weight is 618 g/mol. The molecule has 10 nitrogen and oxygen atoms in total. The predicted molar refractivity (Wildman–Crippen MR) is 159 cm³/mol. The molecular formula is C30H28BrN5O5. The zero-order chi connectivity index (χ0) is 29.1. The number of halogens is 1. The third-order valence-corrected chi connectivity index (χ3v) is 8.20. The molecule has 0 atom stereocenters. The zero-order valence-electron chi connectivity index (χ0n) is 22.3. The van der Waals surface area contributed by atoms with Crippen molar-refractivity contribution in [3.05, 3.63) is 104 Å². The summed E-state index contributed by atoms with van der Waals surface area (Å²) >= 11 is 3.30. The molecule has 1 aliphatic heterocycles. The first-order valence-electron chi connectivity index (χ1n) is 13.1. The number of anilines is 1. The van der Waals surface area contributed by atoms with Gasteiger partial charge < -0.3 is 20.6 Å². The summed E-state index contributed by atoms with van der Waals surface area (Å²) < 4.78 is 0.443. The van der Waals surface area contributed by atoms with Crippen LogP contribution in [0.2, 0.25) is 0 Å². The Bertz CT molecular complexity index is 1630. The number of carbonyl (C=O) groups excluding carboxylic acids is 2. The highest BCUT2D eigenvalue weighted by atomic mass is 79.9. The molecule has 2 amide bonds. The molecule has 5 rings (SSSR count). The number of piperidine rings is 1. The largest absolute Gasteiger partial charge is 0.507 e. The molecule has 210 valence electrons. The molecule has 3 N–H and O–H groups in total. The maximum Gasteiger partial charge on any atom is 0.294 e. The van der Waals surface area contributed by atoms with Gasteiger partial charge in [-0.25, -0.2) is 0 Å². The minimum absolute atomic E-state index is 0.00384. The molecular weight excluding hydrogens is 590 g/mol. The second kappa shape index (κ2) is 11.5. The highest BCUT2D eigenvalue weighted by Gasteiger charge is 2.39. The van der Waals surface area contributed by atoms with E-state index in [0.717, 1.165) is 5.56 Å². The van der Waals surface area contributed by atoms with E-state index in [4.69, 9.17) is 0 Å². The maximum absolute atomic E-state index is 13.4. The highest BCUT2D eigenvalue weighted by Crippen LogP contribution is 2.41. The molecule has 0 radical (unpaired) electrons. The number of rotatable bonds is 7. The Morgan fingerprint density at radius 1 is 1.05 bits per heavy atom. The van der Waals surface area contributed by atoms with Gasteiger partial charge in [0, 0.05) is 65.8 Å². The van der Waals surface area contributed by atoms with E-state index in [1.54, 1.807) is 24.4 Å². The van der Waals surface area contributed by atoms with Crippen molar-refractivity contribution >= 4 is 49.9 Å². The Balaban J connectivity index is 1.45. The maximum atomic E-state index is 13.4. The number of hydrogen-bond acceptors (Lipinski definition) is 7. The van der Waals surface area contributed by atoms with Gasteiger partial charge >= 0.3 is 0 Å². The first kappa shape index (κ1) is 28.0. The molecule has 0 spiro atoms. The van der Waals surface area contributed by atoms with E-state index >= 15 is 0 Å². The van der Waals surface area contributed by atoms with Gasteiger partial charge in [-0.3, -0.25) is 24.7 Å². The summed E-state index contributed by atoms with van der Waals surface area (Å²) in [5.41, 5.74) is 1.20. The summed E-state index contributed by atoms with van der Waals surface area (Å²) in [6, 6.07) is 17.9. The standard InChI is InChI=1S/C30H28BrN5O5/c1-32-28(38)22-14-21(31)15-24(36(40)41)27(22)35-12-10-30(11-13-35,20-7-3-2-4-8-20)18-34-29(39)23-17-33-16-19-6-5-9-25(37)26(19)23/h2-9,14-17,37H,10-13,18H2,1H3,(H,32,38)(H,34,39). The summed E-state index contributed by atoms with van der Waals surface area (Å²) in [6.45, 7) is 1.15. The normalized spacial score (nSPS) is 14.4. The van der Waals surface area contributed by atoms with E-state index in [2.05, 4.69) is 31.5 Å². The molecule has 0 aliphatic carbocycles. The number of nitro groups is 1. The van der Waals surface area contributed by atoms with Gasteiger partial charge in [-0.1, -0.05) is 58.4 Å². The third-order valence-electron chi connectivity index (χ3n) is 7.74. The Morgan fingerprint density at radius 2 is 1.78 bits per heavy atom. The topological polar surface area (TPSA) is 138 Å². The third kappa shape index (κ3) is 5.45. The molecule has 41 heavy (non-hydrogen) atoms. The molecule has 3 aromatic carbocycles. The van der Waals surface area contributed by atoms with Crippen LogP contribution in [0, 0.1) is 10.1 Å². The number of aromatic hydroxyl groups is 1. The van der Waals surface area contributed by atoms with Crippen molar-refractivity contribution in [2.45, 2.75) is 18.3 Å². The number of benzene rings is 3. The fraction of sp³-hybridized carbons (Fsp3) is 0.233. The van der Waals surface area contributed by atoms with Crippen molar-refractivity contribution in [3.63, 3.8) is 0 Å². The summed E-state index contributed by atoms with van der Waals surface area (Å²) in [5, 5.41) is 29.2. The van der Waals surface area contributed by atoms with Crippen LogP contribution < -0.4 is 15.5 Å². The Labute approximate surface area is 244 Å². The lowest BCUT2D eigenvalue weighted by Crippen LogP contribution is -2.49. The van der Waals surface area contributed by atoms with Crippen molar-refractivity contribution in [1.29, 1.82) is 0 Å². The van der Waals surface area contributed by atoms with Gasteiger partial charge in [0.05, 0.1) is 16.1 Å². The van der Waals surface area contributed by atoms with Gasteiger partial charge in [0.25, 0.3) is 17.5 Å². The van der Waals surface area contributed by atoms with Gasteiger partial charge in [-0.05, 0) is 30.5 Å². The van der Waals surface area contributed by atoms with Crippen LogP contribution in [0.3, 0.4) is 0 Å². The van der Waals surface area contributed by atoms with Crippen molar-refractivity contribution in [2.75, 3.05) is 31.6 Å². The summed E-state index contributed by atoms with van der Waals surface area (Å²) in [6.07, 6.45) is 4.18. The molecule has 11 heteroatoms. The quantitative estimate of drug-likeness (QED) is 0.197. The SMILES string of the molecule is CNC(=O)c1cc(Br)cc([N+](=O)[O-])c1N1CCC(CNC(=O)c2cncc3cccc(O)c23)(c2ccccc2)CC1. The van der Waals surface area contributed by atoms with Crippen molar-refractivity contribution in [2.24, 2.45) is 0 Å². The van der Waals surface area contributed by atoms with Crippen LogP contribution in [0.4, 0.5) is 11.4 Å². The number of nitrogens with one attached hydrogen (secondary N) is 2. The number of aromatic nitrogens is 1. The van der Waals surface area contributed by atoms with Crippen LogP contribution in [0.15, 0.2) is 77.5 Å². The molecule has 1 fully saturated rings. The number of nitrogens with zero attached hydrogens (tertiary/aromatic N) is 3. The molecule has 1 saturated heterocycles. The van der Waals surface area contributed by atoms with E-state index in [9.17, 15) is 24.8 Å². The minimum Gasteiger partial charge on any atom is -0.507 e. The second-order valence-corrected chi connectivity index (χ2v) is 11.0. The van der Waals surface area contributed by atoms with Gasteiger partial charge in [0.15, 0.2) is 0 Å². The van der Waals surface area contributed by atoms with Crippen LogP contribution in [-0.2, 0) is 5.41 Å². The lowest BCUT2D eigenvalue weighted by Gasteiger charge is -2.43. The van der Waals surface area contributed by atoms with Gasteiger partial charge in [-0.2, -0.15) is 0 Å². The van der Waals surface area contributed by atoms with Gasteiger partial charge in [0.1, 0.15) is 11.4 Å². The Morgan fingerprint density at radius 3 is 2.46 bits per heavy atom. The van der Waals surface area contributed by atoms with Crippen molar-refractivity contribution in [3.8, 4) is 5.75 Å². The number of fused-ring (bicyclic) bond motifs is 1. The smallest absolute Gasteiger partial charge is 0.294 e. The number of hydrogen-bond donors (Lipinski definition) is 3. The number of carbonyl (C=O) groups is 2. The first-order valence-corrected chi connectivity index (χ1v) is 13.9. The van der Waals surface area contributed by atoms with Crippen LogP contribution >= 0.6 is 15.9 Å². The second-order valence-electron chi connectivity index (χ2n) is 10.0. The number of phenolic OH excluding ortho intramolecular Hbond substituents is 1. The molecule has 4 aromatic rings. The molecule has 0 bridgehead atoms. The number of pyridine rings is 1. The summed E-state index contributed by atoms with van der Waals surface area (Å²) in [4.78, 5) is 43.7. The van der Waals surface area contributed by atoms with Crippen molar-refractivity contribution < 1.29 is 19.6 Å². The molecule has 0 saturated carbocycles. The van der Waals surface area contributed by atoms with Crippen molar-refractivity contribution in [1.82, 2.24) is 15.6 Å². The number of nitro benzene ring substituents is 1. The lowest BCUT2D eigenvalue weighted by atomic mass is 9.72. The van der Waals surface area contributed by atoms with E-state index in [0.29, 0.717) is 47.7 Å². The average Bonchev–Trinajstić information content (AvgIpc) is 2.99. The Hall–Kier alpha value is -4.51. The summed E-state index contributed by atoms with van der Waals surface area (Å²) in [5.74, 6) is -0.763. The first-order chi connectivity index (χ1) is 19.7. The number of amides is 2. The van der Waals surface area contributed by atoms with Crippen LogP contribution in [-0.4, -0.2) is 53.5 Å².